The molecule has 2 amide bonds. The Morgan fingerprint density at radius 3 is 2.81 bits per heavy atom. The molecule has 0 bridgehead atoms. The molecule has 1 atom stereocenters. The van der Waals surface area contributed by atoms with Gasteiger partial charge in [-0.1, -0.05) is 18.9 Å². The molecule has 1 heterocycles. The van der Waals surface area contributed by atoms with Gasteiger partial charge in [0.2, 0.25) is 0 Å². The molecular weight excluding hydrogens is 268 g/mol. The maximum atomic E-state index is 12.5. The molecule has 0 spiro atoms. The van der Waals surface area contributed by atoms with Crippen molar-refractivity contribution < 1.29 is 14.3 Å². The standard InChI is InChI=1S/C16H20N2O3/c1-10-7-8-13-12(9-10)18-15(20)16(2,21-13)14(19)17-11-5-3-4-6-11/h7-9,11H,3-6H2,1-2H3,(H,17,19)(H,18,20). The monoisotopic (exact) mass is 288 g/mol. The van der Waals surface area contributed by atoms with Gasteiger partial charge < -0.3 is 15.4 Å². The quantitative estimate of drug-likeness (QED) is 0.819. The molecule has 1 saturated carbocycles. The third-order valence-electron chi connectivity index (χ3n) is 4.25. The zero-order chi connectivity index (χ0) is 15.0. The Morgan fingerprint density at radius 2 is 2.10 bits per heavy atom. The van der Waals surface area contributed by atoms with Gasteiger partial charge in [0.15, 0.2) is 0 Å². The number of carbonyl (C=O) groups excluding carboxylic acids is 2. The molecule has 0 radical (unpaired) electrons. The van der Waals surface area contributed by atoms with E-state index in [4.69, 9.17) is 4.74 Å². The van der Waals surface area contributed by atoms with Gasteiger partial charge in [0.1, 0.15) is 5.75 Å². The Morgan fingerprint density at radius 1 is 1.38 bits per heavy atom. The highest BCUT2D eigenvalue weighted by Crippen LogP contribution is 2.34. The lowest BCUT2D eigenvalue weighted by Crippen LogP contribution is -2.60. The minimum Gasteiger partial charge on any atom is -0.466 e. The number of fused-ring (bicyclic) bond motifs is 1. The highest BCUT2D eigenvalue weighted by atomic mass is 16.5. The number of hydrogen-bond donors (Lipinski definition) is 2. The summed E-state index contributed by atoms with van der Waals surface area (Å²) in [6.45, 7) is 3.46. The normalized spacial score (nSPS) is 25.0. The Bertz CT molecular complexity index is 593. The molecule has 0 saturated heterocycles. The van der Waals surface area contributed by atoms with Gasteiger partial charge in [0.05, 0.1) is 5.69 Å². The number of nitrogens with one attached hydrogen (secondary N) is 2. The lowest BCUT2D eigenvalue weighted by atomic mass is 10.0. The van der Waals surface area contributed by atoms with Crippen LogP contribution in [0.2, 0.25) is 0 Å². The first-order valence-corrected chi connectivity index (χ1v) is 7.41. The van der Waals surface area contributed by atoms with Crippen LogP contribution in [0.3, 0.4) is 0 Å². The van der Waals surface area contributed by atoms with Crippen molar-refractivity contribution in [2.75, 3.05) is 5.32 Å². The van der Waals surface area contributed by atoms with Gasteiger partial charge in [-0.25, -0.2) is 0 Å². The number of carbonyl (C=O) groups is 2. The molecule has 21 heavy (non-hydrogen) atoms. The van der Waals surface area contributed by atoms with Crippen molar-refractivity contribution >= 4 is 17.5 Å². The van der Waals surface area contributed by atoms with Crippen molar-refractivity contribution in [1.29, 1.82) is 0 Å². The van der Waals surface area contributed by atoms with Crippen LogP contribution in [-0.4, -0.2) is 23.5 Å². The minimum absolute atomic E-state index is 0.158. The van der Waals surface area contributed by atoms with E-state index in [0.29, 0.717) is 11.4 Å². The van der Waals surface area contributed by atoms with Crippen LogP contribution >= 0.6 is 0 Å². The summed E-state index contributed by atoms with van der Waals surface area (Å²) in [7, 11) is 0. The molecule has 1 aliphatic heterocycles. The molecule has 2 aliphatic rings. The summed E-state index contributed by atoms with van der Waals surface area (Å²) >= 11 is 0. The fourth-order valence-corrected chi connectivity index (χ4v) is 2.88. The van der Waals surface area contributed by atoms with E-state index >= 15 is 0 Å². The summed E-state index contributed by atoms with van der Waals surface area (Å²) in [5, 5.41) is 5.71. The summed E-state index contributed by atoms with van der Waals surface area (Å²) in [6, 6.07) is 5.67. The highest BCUT2D eigenvalue weighted by molar-refractivity contribution is 6.15. The summed E-state index contributed by atoms with van der Waals surface area (Å²) in [4.78, 5) is 24.8. The van der Waals surface area contributed by atoms with Crippen LogP contribution in [0.4, 0.5) is 5.69 Å². The molecule has 3 rings (SSSR count). The molecular formula is C16H20N2O3. The van der Waals surface area contributed by atoms with Crippen molar-refractivity contribution in [3.8, 4) is 5.75 Å². The average molecular weight is 288 g/mol. The number of rotatable bonds is 2. The largest absolute Gasteiger partial charge is 0.466 e. The molecule has 5 nitrogen and oxygen atoms in total. The first-order valence-electron chi connectivity index (χ1n) is 7.41. The number of anilines is 1. The molecule has 1 aromatic rings. The van der Waals surface area contributed by atoms with Gasteiger partial charge in [-0.2, -0.15) is 0 Å². The first kappa shape index (κ1) is 13.9. The predicted octanol–water partition coefficient (Wildman–Crippen LogP) is 2.14. The summed E-state index contributed by atoms with van der Waals surface area (Å²) in [5.74, 6) is -0.251. The number of amides is 2. The van der Waals surface area contributed by atoms with E-state index in [1.807, 2.05) is 19.1 Å². The third-order valence-corrected chi connectivity index (χ3v) is 4.25. The molecule has 0 aromatic heterocycles. The van der Waals surface area contributed by atoms with E-state index < -0.39 is 11.5 Å². The molecule has 1 unspecified atom stereocenters. The average Bonchev–Trinajstić information content (AvgIpc) is 2.93. The predicted molar refractivity (Wildman–Crippen MR) is 79.2 cm³/mol. The van der Waals surface area contributed by atoms with Crippen molar-refractivity contribution in [2.45, 2.75) is 51.2 Å². The fraction of sp³-hybridized carbons (Fsp3) is 0.500. The van der Waals surface area contributed by atoms with Crippen LogP contribution in [-0.2, 0) is 9.59 Å². The minimum atomic E-state index is -1.51. The van der Waals surface area contributed by atoms with Crippen LogP contribution in [0.15, 0.2) is 18.2 Å². The van der Waals surface area contributed by atoms with Gasteiger partial charge in [0.25, 0.3) is 17.4 Å². The lowest BCUT2D eigenvalue weighted by Gasteiger charge is -2.34. The number of hydrogen-bond acceptors (Lipinski definition) is 3. The van der Waals surface area contributed by atoms with Crippen LogP contribution in [0, 0.1) is 6.92 Å². The van der Waals surface area contributed by atoms with Crippen molar-refractivity contribution in [2.24, 2.45) is 0 Å². The van der Waals surface area contributed by atoms with Gasteiger partial charge in [0, 0.05) is 6.04 Å². The van der Waals surface area contributed by atoms with Gasteiger partial charge >= 0.3 is 0 Å². The van der Waals surface area contributed by atoms with Gasteiger partial charge in [-0.15, -0.1) is 0 Å². The Kier molecular flexibility index (Phi) is 3.35. The zero-order valence-electron chi connectivity index (χ0n) is 12.4. The van der Waals surface area contributed by atoms with Crippen LogP contribution < -0.4 is 15.4 Å². The van der Waals surface area contributed by atoms with E-state index in [-0.39, 0.29) is 11.9 Å². The smallest absolute Gasteiger partial charge is 0.278 e. The van der Waals surface area contributed by atoms with Crippen LogP contribution in [0.1, 0.15) is 38.2 Å². The van der Waals surface area contributed by atoms with Crippen LogP contribution in [0.25, 0.3) is 0 Å². The molecule has 1 fully saturated rings. The van der Waals surface area contributed by atoms with Gasteiger partial charge in [-0.05, 0) is 44.4 Å². The molecule has 112 valence electrons. The maximum Gasteiger partial charge on any atom is 0.278 e. The van der Waals surface area contributed by atoms with Gasteiger partial charge in [-0.3, -0.25) is 9.59 Å². The topological polar surface area (TPSA) is 67.4 Å². The molecule has 1 aliphatic carbocycles. The third kappa shape index (κ3) is 2.48. The number of aryl methyl sites for hydroxylation is 1. The Balaban J connectivity index is 1.82. The summed E-state index contributed by atoms with van der Waals surface area (Å²) < 4.78 is 5.73. The lowest BCUT2D eigenvalue weighted by molar-refractivity contribution is -0.147. The van der Waals surface area contributed by atoms with Crippen LogP contribution in [0.5, 0.6) is 5.75 Å². The second-order valence-corrected chi connectivity index (χ2v) is 6.04. The molecule has 5 heteroatoms. The summed E-state index contributed by atoms with van der Waals surface area (Å²) in [5.41, 5.74) is 0.132. The number of benzene rings is 1. The fourth-order valence-electron chi connectivity index (χ4n) is 2.88. The Hall–Kier alpha value is -2.04. The second kappa shape index (κ2) is 5.06. The number of ether oxygens (including phenoxy) is 1. The van der Waals surface area contributed by atoms with E-state index in [2.05, 4.69) is 10.6 Å². The summed E-state index contributed by atoms with van der Waals surface area (Å²) in [6.07, 6.45) is 4.19. The molecule has 1 aromatic carbocycles. The van der Waals surface area contributed by atoms with E-state index in [0.717, 1.165) is 31.2 Å². The van der Waals surface area contributed by atoms with E-state index in [1.165, 1.54) is 6.92 Å². The highest BCUT2D eigenvalue weighted by Gasteiger charge is 2.47. The van der Waals surface area contributed by atoms with E-state index in [9.17, 15) is 9.59 Å². The van der Waals surface area contributed by atoms with Crippen molar-refractivity contribution in [1.82, 2.24) is 5.32 Å². The maximum absolute atomic E-state index is 12.5. The molecule has 2 N–H and O–H groups in total. The van der Waals surface area contributed by atoms with E-state index in [1.54, 1.807) is 6.07 Å². The first-order chi connectivity index (χ1) is 9.99. The zero-order valence-corrected chi connectivity index (χ0v) is 12.4. The van der Waals surface area contributed by atoms with Crippen molar-refractivity contribution in [3.63, 3.8) is 0 Å². The van der Waals surface area contributed by atoms with Crippen molar-refractivity contribution in [3.05, 3.63) is 23.8 Å². The SMILES string of the molecule is Cc1ccc2c(c1)NC(=O)C(C)(C(=O)NC1CCCC1)O2. The second-order valence-electron chi connectivity index (χ2n) is 6.04. The Labute approximate surface area is 124 Å².